The molecule has 0 unspecified atom stereocenters. The third-order valence-electron chi connectivity index (χ3n) is 5.42. The van der Waals surface area contributed by atoms with Crippen molar-refractivity contribution >= 4 is 17.6 Å². The Morgan fingerprint density at radius 3 is 2.64 bits per heavy atom. The zero-order valence-electron chi connectivity index (χ0n) is 15.3. The Labute approximate surface area is 150 Å². The third kappa shape index (κ3) is 4.74. The van der Waals surface area contributed by atoms with Crippen LogP contribution in [0.2, 0.25) is 0 Å². The van der Waals surface area contributed by atoms with E-state index in [-0.39, 0.29) is 12.5 Å². The number of guanidine groups is 1. The van der Waals surface area contributed by atoms with Gasteiger partial charge in [0, 0.05) is 25.3 Å². The molecular weight excluding hydrogens is 312 g/mol. The Bertz CT molecular complexity index is 593. The molecule has 3 rings (SSSR count). The normalized spacial score (nSPS) is 19.9. The van der Waals surface area contributed by atoms with Gasteiger partial charge in [-0.05, 0) is 43.7 Å². The van der Waals surface area contributed by atoms with Gasteiger partial charge < -0.3 is 15.5 Å². The lowest BCUT2D eigenvalue weighted by Gasteiger charge is -2.33. The number of likely N-dealkylation sites (tertiary alicyclic amines) is 1. The van der Waals surface area contributed by atoms with Crippen molar-refractivity contribution in [3.05, 3.63) is 30.3 Å². The average Bonchev–Trinajstić information content (AvgIpc) is 3.03. The van der Waals surface area contributed by atoms with Crippen LogP contribution in [0.5, 0.6) is 0 Å². The van der Waals surface area contributed by atoms with Crippen molar-refractivity contribution in [2.24, 2.45) is 10.4 Å². The summed E-state index contributed by atoms with van der Waals surface area (Å²) in [5.41, 5.74) is 1.30. The lowest BCUT2D eigenvalue weighted by molar-refractivity contribution is -0.114. The standard InChI is InChI=1S/C20H30N4O/c1-2-21-19(22-15-18(25)23-17-9-5-3-6-10-17)24-14-13-20(16-24)11-7-4-8-12-20/h3,5-6,9-10H,2,4,7-8,11-16H2,1H3,(H,21,22)(H,23,25). The molecule has 25 heavy (non-hydrogen) atoms. The number of anilines is 1. The van der Waals surface area contributed by atoms with Gasteiger partial charge in [-0.25, -0.2) is 4.99 Å². The van der Waals surface area contributed by atoms with Crippen LogP contribution in [0.15, 0.2) is 35.3 Å². The highest BCUT2D eigenvalue weighted by molar-refractivity contribution is 5.94. The van der Waals surface area contributed by atoms with Crippen LogP contribution < -0.4 is 10.6 Å². The molecule has 1 aromatic rings. The predicted octanol–water partition coefficient (Wildman–Crippen LogP) is 3.25. The minimum Gasteiger partial charge on any atom is -0.357 e. The Hall–Kier alpha value is -2.04. The van der Waals surface area contributed by atoms with Gasteiger partial charge in [0.2, 0.25) is 5.91 Å². The number of carbonyl (C=O) groups excluding carboxylic acids is 1. The summed E-state index contributed by atoms with van der Waals surface area (Å²) in [5.74, 6) is 0.807. The first-order valence-electron chi connectivity index (χ1n) is 9.59. The van der Waals surface area contributed by atoms with Crippen LogP contribution in [0.25, 0.3) is 0 Å². The van der Waals surface area contributed by atoms with Gasteiger partial charge in [-0.3, -0.25) is 4.79 Å². The number of rotatable bonds is 4. The van der Waals surface area contributed by atoms with Crippen molar-refractivity contribution in [3.63, 3.8) is 0 Å². The minimum atomic E-state index is -0.0758. The Balaban J connectivity index is 1.58. The van der Waals surface area contributed by atoms with Gasteiger partial charge in [-0.15, -0.1) is 0 Å². The highest BCUT2D eigenvalue weighted by atomic mass is 16.1. The summed E-state index contributed by atoms with van der Waals surface area (Å²) >= 11 is 0. The van der Waals surface area contributed by atoms with Crippen LogP contribution in [0.1, 0.15) is 45.4 Å². The molecule has 5 nitrogen and oxygen atoms in total. The SMILES string of the molecule is CCNC(=NCC(=O)Nc1ccccc1)N1CCC2(CCCCC2)C1. The molecule has 1 spiro atoms. The second kappa shape index (κ2) is 8.37. The molecule has 2 aliphatic rings. The van der Waals surface area contributed by atoms with Gasteiger partial charge in [-0.2, -0.15) is 0 Å². The molecule has 1 heterocycles. The summed E-state index contributed by atoms with van der Waals surface area (Å²) in [6.45, 7) is 5.18. The zero-order valence-corrected chi connectivity index (χ0v) is 15.3. The monoisotopic (exact) mass is 342 g/mol. The first-order valence-corrected chi connectivity index (χ1v) is 9.59. The zero-order chi connectivity index (χ0) is 17.5. The molecule has 2 N–H and O–H groups in total. The van der Waals surface area contributed by atoms with E-state index < -0.39 is 0 Å². The molecule has 136 valence electrons. The topological polar surface area (TPSA) is 56.7 Å². The van der Waals surface area contributed by atoms with Crippen LogP contribution in [-0.2, 0) is 4.79 Å². The fraction of sp³-hybridized carbons (Fsp3) is 0.600. The van der Waals surface area contributed by atoms with Crippen molar-refractivity contribution in [2.75, 3.05) is 31.5 Å². The summed E-state index contributed by atoms with van der Waals surface area (Å²) in [6.07, 6.45) is 8.06. The molecule has 1 amide bonds. The van der Waals surface area contributed by atoms with Crippen molar-refractivity contribution in [2.45, 2.75) is 45.4 Å². The molecule has 0 radical (unpaired) electrons. The van der Waals surface area contributed by atoms with E-state index in [4.69, 9.17) is 0 Å². The van der Waals surface area contributed by atoms with Crippen molar-refractivity contribution < 1.29 is 4.79 Å². The summed E-state index contributed by atoms with van der Waals surface area (Å²) in [5, 5.41) is 6.26. The molecule has 2 fully saturated rings. The second-order valence-electron chi connectivity index (χ2n) is 7.32. The molecule has 1 aliphatic carbocycles. The molecule has 0 bridgehead atoms. The number of para-hydroxylation sites is 1. The molecule has 1 saturated carbocycles. The highest BCUT2D eigenvalue weighted by Crippen LogP contribution is 2.43. The number of benzene rings is 1. The van der Waals surface area contributed by atoms with Crippen molar-refractivity contribution in [1.29, 1.82) is 0 Å². The van der Waals surface area contributed by atoms with Crippen LogP contribution in [0.3, 0.4) is 0 Å². The first kappa shape index (κ1) is 17.8. The summed E-state index contributed by atoms with van der Waals surface area (Å²) in [7, 11) is 0. The maximum absolute atomic E-state index is 12.2. The molecule has 0 aromatic heterocycles. The molecule has 0 atom stereocenters. The van der Waals surface area contributed by atoms with E-state index in [1.54, 1.807) is 0 Å². The highest BCUT2D eigenvalue weighted by Gasteiger charge is 2.39. The molecular formula is C20H30N4O. The van der Waals surface area contributed by atoms with Crippen LogP contribution in [0.4, 0.5) is 5.69 Å². The van der Waals surface area contributed by atoms with Crippen LogP contribution in [0, 0.1) is 5.41 Å². The van der Waals surface area contributed by atoms with Gasteiger partial charge in [-0.1, -0.05) is 37.5 Å². The third-order valence-corrected chi connectivity index (χ3v) is 5.42. The maximum Gasteiger partial charge on any atom is 0.246 e. The minimum absolute atomic E-state index is 0.0758. The molecule has 5 heteroatoms. The fourth-order valence-corrected chi connectivity index (χ4v) is 4.12. The van der Waals surface area contributed by atoms with E-state index in [0.717, 1.165) is 31.3 Å². The van der Waals surface area contributed by atoms with Crippen LogP contribution in [-0.4, -0.2) is 42.9 Å². The van der Waals surface area contributed by atoms with E-state index in [1.165, 1.54) is 38.5 Å². The van der Waals surface area contributed by atoms with Crippen molar-refractivity contribution in [3.8, 4) is 0 Å². The Kier molecular flexibility index (Phi) is 5.95. The average molecular weight is 342 g/mol. The number of carbonyl (C=O) groups is 1. The predicted molar refractivity (Wildman–Crippen MR) is 103 cm³/mol. The maximum atomic E-state index is 12.2. The quantitative estimate of drug-likeness (QED) is 0.652. The van der Waals surface area contributed by atoms with Gasteiger partial charge >= 0.3 is 0 Å². The Morgan fingerprint density at radius 2 is 1.92 bits per heavy atom. The van der Waals surface area contributed by atoms with Gasteiger partial charge in [0.05, 0.1) is 0 Å². The van der Waals surface area contributed by atoms with E-state index >= 15 is 0 Å². The summed E-state index contributed by atoms with van der Waals surface area (Å²) in [4.78, 5) is 19.1. The molecule has 1 aliphatic heterocycles. The van der Waals surface area contributed by atoms with Gasteiger partial charge in [0.25, 0.3) is 0 Å². The number of nitrogens with one attached hydrogen (secondary N) is 2. The lowest BCUT2D eigenvalue weighted by atomic mass is 9.73. The number of hydrogen-bond acceptors (Lipinski definition) is 2. The van der Waals surface area contributed by atoms with E-state index in [0.29, 0.717) is 5.41 Å². The smallest absolute Gasteiger partial charge is 0.246 e. The van der Waals surface area contributed by atoms with Gasteiger partial charge in [0.15, 0.2) is 5.96 Å². The fourth-order valence-electron chi connectivity index (χ4n) is 4.12. The van der Waals surface area contributed by atoms with Crippen molar-refractivity contribution in [1.82, 2.24) is 10.2 Å². The summed E-state index contributed by atoms with van der Waals surface area (Å²) < 4.78 is 0. The summed E-state index contributed by atoms with van der Waals surface area (Å²) in [6, 6.07) is 9.54. The number of hydrogen-bond donors (Lipinski definition) is 2. The number of aliphatic imine (C=N–C) groups is 1. The largest absolute Gasteiger partial charge is 0.357 e. The van der Waals surface area contributed by atoms with E-state index in [1.807, 2.05) is 30.3 Å². The number of nitrogens with zero attached hydrogens (tertiary/aromatic N) is 2. The number of amides is 1. The molecule has 1 aromatic carbocycles. The first-order chi connectivity index (χ1) is 12.2. The van der Waals surface area contributed by atoms with E-state index in [2.05, 4.69) is 27.4 Å². The second-order valence-corrected chi connectivity index (χ2v) is 7.32. The Morgan fingerprint density at radius 1 is 1.16 bits per heavy atom. The van der Waals surface area contributed by atoms with Gasteiger partial charge in [0.1, 0.15) is 6.54 Å². The molecule has 1 saturated heterocycles. The van der Waals surface area contributed by atoms with Crippen LogP contribution >= 0.6 is 0 Å². The van der Waals surface area contributed by atoms with E-state index in [9.17, 15) is 4.79 Å². The lowest BCUT2D eigenvalue weighted by Crippen LogP contribution is -2.42.